The lowest BCUT2D eigenvalue weighted by Gasteiger charge is -2.11. The lowest BCUT2D eigenvalue weighted by molar-refractivity contribution is 0.262. The van der Waals surface area contributed by atoms with Gasteiger partial charge in [-0.25, -0.2) is 9.48 Å². The maximum absolute atomic E-state index is 12.5. The van der Waals surface area contributed by atoms with E-state index in [1.165, 1.54) is 0 Å². The molecule has 0 saturated heterocycles. The Hall–Kier alpha value is -5.31. The summed E-state index contributed by atoms with van der Waals surface area (Å²) in [6.45, 7) is 2.36. The fourth-order valence-electron chi connectivity index (χ4n) is 4.20. The molecule has 1 aromatic heterocycles. The number of amides is 2. The molecular weight excluding hydrogens is 518 g/mol. The molecule has 9 nitrogen and oxygen atoms in total. The van der Waals surface area contributed by atoms with E-state index < -0.39 is 0 Å². The van der Waals surface area contributed by atoms with Gasteiger partial charge in [0.25, 0.3) is 0 Å². The van der Waals surface area contributed by atoms with Crippen LogP contribution in [0.2, 0.25) is 0 Å². The summed E-state index contributed by atoms with van der Waals surface area (Å²) in [6.07, 6.45) is 0.696. The molecule has 0 atom stereocenters. The van der Waals surface area contributed by atoms with Gasteiger partial charge < -0.3 is 24.8 Å². The summed E-state index contributed by atoms with van der Waals surface area (Å²) in [4.78, 5) is 17.2. The van der Waals surface area contributed by atoms with Gasteiger partial charge in [0.1, 0.15) is 11.5 Å². The second-order valence-corrected chi connectivity index (χ2v) is 9.25. The van der Waals surface area contributed by atoms with Crippen molar-refractivity contribution in [2.24, 2.45) is 0 Å². The van der Waals surface area contributed by atoms with Crippen LogP contribution in [0.1, 0.15) is 11.1 Å². The number of methoxy groups -OCH3 is 2. The van der Waals surface area contributed by atoms with E-state index >= 15 is 0 Å². The van der Waals surface area contributed by atoms with Gasteiger partial charge in [0.2, 0.25) is 0 Å². The first kappa shape index (κ1) is 27.3. The van der Waals surface area contributed by atoms with Crippen LogP contribution in [0.25, 0.3) is 17.1 Å². The van der Waals surface area contributed by atoms with E-state index in [9.17, 15) is 4.79 Å². The van der Waals surface area contributed by atoms with Crippen molar-refractivity contribution in [2.45, 2.75) is 13.3 Å². The average Bonchev–Trinajstić information content (AvgIpc) is 3.43. The Bertz CT molecular complexity index is 1600. The molecule has 0 aliphatic rings. The van der Waals surface area contributed by atoms with Crippen molar-refractivity contribution in [1.29, 1.82) is 0 Å². The van der Waals surface area contributed by atoms with Crippen molar-refractivity contribution in [2.75, 3.05) is 31.5 Å². The number of anilines is 2. The predicted molar refractivity (Wildman–Crippen MR) is 159 cm³/mol. The lowest BCUT2D eigenvalue weighted by Crippen LogP contribution is -2.19. The van der Waals surface area contributed by atoms with Crippen LogP contribution in [-0.2, 0) is 6.42 Å². The molecule has 0 fully saturated rings. The van der Waals surface area contributed by atoms with E-state index in [4.69, 9.17) is 14.2 Å². The largest absolute Gasteiger partial charge is 0.497 e. The first-order valence-electron chi connectivity index (χ1n) is 13.1. The zero-order chi connectivity index (χ0) is 28.6. The van der Waals surface area contributed by atoms with E-state index in [1.54, 1.807) is 18.9 Å². The van der Waals surface area contributed by atoms with E-state index in [1.807, 2.05) is 104 Å². The summed E-state index contributed by atoms with van der Waals surface area (Å²) in [5, 5.41) is 10.4. The summed E-state index contributed by atoms with van der Waals surface area (Å²) in [7, 11) is 3.28. The predicted octanol–water partition coefficient (Wildman–Crippen LogP) is 6.53. The van der Waals surface area contributed by atoms with Gasteiger partial charge in [-0.05, 0) is 84.8 Å². The summed E-state index contributed by atoms with van der Waals surface area (Å²) in [6, 6.07) is 30.4. The number of para-hydroxylation sites is 1. The van der Waals surface area contributed by atoms with Gasteiger partial charge >= 0.3 is 12.0 Å². The molecule has 4 aromatic carbocycles. The number of rotatable bonds is 10. The van der Waals surface area contributed by atoms with Crippen LogP contribution < -0.4 is 24.8 Å². The third kappa shape index (κ3) is 6.83. The number of aryl methyl sites for hydroxylation is 1. The monoisotopic (exact) mass is 549 g/mol. The highest BCUT2D eigenvalue weighted by atomic mass is 16.5. The maximum atomic E-state index is 12.5. The molecule has 0 radical (unpaired) electrons. The number of nitrogens with one attached hydrogen (secondary N) is 2. The fourth-order valence-corrected chi connectivity index (χ4v) is 4.20. The van der Waals surface area contributed by atoms with E-state index in [2.05, 4.69) is 20.7 Å². The Morgan fingerprint density at radius 2 is 1.46 bits per heavy atom. The second-order valence-electron chi connectivity index (χ2n) is 9.25. The highest BCUT2D eigenvalue weighted by Crippen LogP contribution is 2.26. The van der Waals surface area contributed by atoms with Crippen LogP contribution in [0.3, 0.4) is 0 Å². The van der Waals surface area contributed by atoms with Gasteiger partial charge in [0.05, 0.1) is 26.5 Å². The Kier molecular flexibility index (Phi) is 8.44. The fraction of sp³-hybridized carbons (Fsp3) is 0.156. The second kappa shape index (κ2) is 12.7. The smallest absolute Gasteiger partial charge is 0.336 e. The maximum Gasteiger partial charge on any atom is 0.336 e. The minimum atomic E-state index is -0.320. The molecule has 41 heavy (non-hydrogen) atoms. The molecule has 0 spiro atoms. The highest BCUT2D eigenvalue weighted by Gasteiger charge is 2.16. The lowest BCUT2D eigenvalue weighted by atomic mass is 10.1. The molecular formula is C32H31N5O4. The normalized spacial score (nSPS) is 10.6. The van der Waals surface area contributed by atoms with Crippen LogP contribution in [0.15, 0.2) is 97.1 Å². The average molecular weight is 550 g/mol. The Morgan fingerprint density at radius 1 is 0.805 bits per heavy atom. The van der Waals surface area contributed by atoms with Crippen LogP contribution >= 0.6 is 0 Å². The van der Waals surface area contributed by atoms with Crippen molar-refractivity contribution in [3.05, 3.63) is 108 Å². The molecule has 0 aliphatic heterocycles. The van der Waals surface area contributed by atoms with Crippen LogP contribution in [0.4, 0.5) is 16.2 Å². The van der Waals surface area contributed by atoms with E-state index in [-0.39, 0.29) is 12.0 Å². The van der Waals surface area contributed by atoms with E-state index in [0.29, 0.717) is 24.5 Å². The minimum absolute atomic E-state index is 0.268. The van der Waals surface area contributed by atoms with Crippen molar-refractivity contribution < 1.29 is 19.0 Å². The Morgan fingerprint density at radius 3 is 2.12 bits per heavy atom. The number of urea groups is 1. The molecule has 0 unspecified atom stereocenters. The SMILES string of the molecule is COc1ccc(CCOc2nc(-c3ccc(OC)cc3)n(-c3ccc(NC(=O)Nc4ccccc4C)cc3)n2)cc1. The van der Waals surface area contributed by atoms with Crippen LogP contribution in [-0.4, -0.2) is 41.6 Å². The number of aromatic nitrogens is 3. The van der Waals surface area contributed by atoms with Gasteiger partial charge in [0.15, 0.2) is 5.82 Å². The molecule has 0 aliphatic carbocycles. The summed E-state index contributed by atoms with van der Waals surface area (Å²) >= 11 is 0. The Labute approximate surface area is 238 Å². The minimum Gasteiger partial charge on any atom is -0.497 e. The standard InChI is InChI=1S/C32H31N5O4/c1-22-6-4-5-7-29(22)34-31(38)33-25-12-14-26(15-13-25)37-30(24-10-18-28(40-3)19-11-24)35-32(36-37)41-21-20-23-8-16-27(39-2)17-9-23/h4-19H,20-21H2,1-3H3,(H2,33,34,38). The number of benzene rings is 4. The molecule has 1 heterocycles. The summed E-state index contributed by atoms with van der Waals surface area (Å²) in [5.74, 6) is 2.17. The van der Waals surface area contributed by atoms with Crippen LogP contribution in [0, 0.1) is 6.92 Å². The van der Waals surface area contributed by atoms with Gasteiger partial charge in [-0.2, -0.15) is 4.98 Å². The molecule has 9 heteroatoms. The number of nitrogens with zero attached hydrogens (tertiary/aromatic N) is 3. The molecule has 208 valence electrons. The molecule has 0 bridgehead atoms. The van der Waals surface area contributed by atoms with Crippen molar-refractivity contribution in [3.8, 4) is 34.6 Å². The number of hydrogen-bond donors (Lipinski definition) is 2. The first-order chi connectivity index (χ1) is 20.0. The van der Waals surface area contributed by atoms with Crippen molar-refractivity contribution in [1.82, 2.24) is 14.8 Å². The van der Waals surface area contributed by atoms with Crippen molar-refractivity contribution in [3.63, 3.8) is 0 Å². The number of carbonyl (C=O) groups excluding carboxylic acids is 1. The highest BCUT2D eigenvalue weighted by molar-refractivity contribution is 6.00. The topological polar surface area (TPSA) is 99.5 Å². The van der Waals surface area contributed by atoms with Crippen LogP contribution in [0.5, 0.6) is 17.5 Å². The van der Waals surface area contributed by atoms with Gasteiger partial charge in [-0.15, -0.1) is 5.10 Å². The van der Waals surface area contributed by atoms with Crippen molar-refractivity contribution >= 4 is 17.4 Å². The summed E-state index contributed by atoms with van der Waals surface area (Å²) in [5.41, 5.74) is 5.11. The number of carbonyl (C=O) groups is 1. The zero-order valence-electron chi connectivity index (χ0n) is 23.1. The van der Waals surface area contributed by atoms with E-state index in [0.717, 1.165) is 39.6 Å². The third-order valence-corrected chi connectivity index (χ3v) is 6.48. The first-order valence-corrected chi connectivity index (χ1v) is 13.1. The molecule has 2 N–H and O–H groups in total. The van der Waals surface area contributed by atoms with Gasteiger partial charge in [-0.3, -0.25) is 0 Å². The van der Waals surface area contributed by atoms with Gasteiger partial charge in [-0.1, -0.05) is 30.3 Å². The number of ether oxygens (including phenoxy) is 3. The Balaban J connectivity index is 1.33. The third-order valence-electron chi connectivity index (χ3n) is 6.48. The summed E-state index contributed by atoms with van der Waals surface area (Å²) < 4.78 is 18.2. The molecule has 2 amide bonds. The zero-order valence-corrected chi connectivity index (χ0v) is 23.1. The quantitative estimate of drug-likeness (QED) is 0.206. The van der Waals surface area contributed by atoms with Gasteiger partial charge in [0, 0.05) is 23.4 Å². The number of hydrogen-bond acceptors (Lipinski definition) is 6. The molecule has 5 rings (SSSR count). The molecule has 0 saturated carbocycles. The molecule has 5 aromatic rings.